The van der Waals surface area contributed by atoms with E-state index in [2.05, 4.69) is 0 Å². The normalized spacial score (nSPS) is 6.00. The second-order valence-corrected chi connectivity index (χ2v) is 0.896. The highest BCUT2D eigenvalue weighted by molar-refractivity contribution is 6.27. The summed E-state index contributed by atoms with van der Waals surface area (Å²) in [7, 11) is 0. The van der Waals surface area contributed by atoms with Gasteiger partial charge >= 0.3 is 6.03 Å². The van der Waals surface area contributed by atoms with Crippen molar-refractivity contribution in [3.05, 3.63) is 0 Å². The summed E-state index contributed by atoms with van der Waals surface area (Å²) in [5, 5.41) is 0. The van der Waals surface area contributed by atoms with Crippen molar-refractivity contribution in [2.75, 3.05) is 0 Å². The van der Waals surface area contributed by atoms with Gasteiger partial charge in [-0.15, -0.1) is 12.4 Å². The molecule has 0 aliphatic heterocycles. The van der Waals surface area contributed by atoms with Gasteiger partial charge in [-0.05, 0) is 0 Å². The average Bonchev–Trinajstić information content (AvgIpc) is 1.65. The van der Waals surface area contributed by atoms with E-state index in [1.165, 1.54) is 0 Å². The van der Waals surface area contributed by atoms with Crippen LogP contribution in [-0.2, 0) is 0 Å². The lowest BCUT2D eigenvalue weighted by molar-refractivity contribution is 0.251. The van der Waals surface area contributed by atoms with Crippen LogP contribution in [0.25, 0.3) is 0 Å². The van der Waals surface area contributed by atoms with Gasteiger partial charge in [0.1, 0.15) is 0 Å². The van der Waals surface area contributed by atoms with Gasteiger partial charge in [0.15, 0.2) is 0 Å². The Labute approximate surface area is 57.0 Å². The van der Waals surface area contributed by atoms with Crippen LogP contribution in [0.1, 0.15) is 0 Å². The molecule has 44 valence electrons. The van der Waals surface area contributed by atoms with Crippen molar-refractivity contribution in [1.29, 1.82) is 0 Å². The lowest BCUT2D eigenvalue weighted by Crippen LogP contribution is -2.20. The molecule has 0 aromatic carbocycles. The zero-order valence-corrected chi connectivity index (χ0v) is 5.40. The summed E-state index contributed by atoms with van der Waals surface area (Å²) in [5.41, 5.74) is 0. The molecule has 0 radical (unpaired) electrons. The molecule has 0 spiro atoms. The van der Waals surface area contributed by atoms with E-state index in [1.54, 1.807) is 9.67 Å². The standard InChI is InChI=1S/CH2Cl2N2O.ClH/c2-4-1(6)5-3;/h(H2,4,5,6);1H. The van der Waals surface area contributed by atoms with E-state index in [1.807, 2.05) is 0 Å². The van der Waals surface area contributed by atoms with Crippen molar-refractivity contribution in [2.24, 2.45) is 0 Å². The molecule has 2 N–H and O–H groups in total. The Hall–Kier alpha value is 0.140. The van der Waals surface area contributed by atoms with Crippen LogP contribution in [0.3, 0.4) is 0 Å². The van der Waals surface area contributed by atoms with Crippen molar-refractivity contribution in [2.45, 2.75) is 0 Å². The molecule has 0 aromatic rings. The largest absolute Gasteiger partial charge is 0.343 e. The Morgan fingerprint density at radius 1 is 1.29 bits per heavy atom. The van der Waals surface area contributed by atoms with Gasteiger partial charge < -0.3 is 0 Å². The molecular formula is CH3Cl3N2O. The van der Waals surface area contributed by atoms with Gasteiger partial charge in [0.05, 0.1) is 0 Å². The van der Waals surface area contributed by atoms with Crippen LogP contribution in [-0.4, -0.2) is 6.03 Å². The summed E-state index contributed by atoms with van der Waals surface area (Å²) < 4.78 is 0. The fourth-order valence-electron chi connectivity index (χ4n) is 0.0179. The second kappa shape index (κ2) is 6.14. The summed E-state index contributed by atoms with van der Waals surface area (Å²) in [6.07, 6.45) is 0. The van der Waals surface area contributed by atoms with Crippen LogP contribution < -0.4 is 9.67 Å². The molecular weight excluding hydrogens is 162 g/mol. The van der Waals surface area contributed by atoms with E-state index >= 15 is 0 Å². The van der Waals surface area contributed by atoms with E-state index in [9.17, 15) is 4.79 Å². The number of rotatable bonds is 0. The van der Waals surface area contributed by atoms with Crippen molar-refractivity contribution in [3.8, 4) is 0 Å². The molecule has 6 heteroatoms. The third kappa shape index (κ3) is 6.14. The fourth-order valence-corrected chi connectivity index (χ4v) is 0.161. The van der Waals surface area contributed by atoms with E-state index in [0.29, 0.717) is 0 Å². The van der Waals surface area contributed by atoms with Crippen LogP contribution in [0.5, 0.6) is 0 Å². The Morgan fingerprint density at radius 2 is 1.57 bits per heavy atom. The number of urea groups is 1. The highest BCUT2D eigenvalue weighted by Crippen LogP contribution is 1.66. The van der Waals surface area contributed by atoms with Crippen molar-refractivity contribution in [3.63, 3.8) is 0 Å². The van der Waals surface area contributed by atoms with Crippen molar-refractivity contribution >= 4 is 42.0 Å². The fraction of sp³-hybridized carbons (Fsp3) is 0. The van der Waals surface area contributed by atoms with E-state index in [-0.39, 0.29) is 12.4 Å². The Bertz CT molecular complexity index is 50.9. The maximum absolute atomic E-state index is 9.69. The molecule has 2 amide bonds. The molecule has 0 atom stereocenters. The zero-order chi connectivity index (χ0) is 4.99. The number of hydrogen-bond acceptors (Lipinski definition) is 1. The Kier molecular flexibility index (Phi) is 8.94. The van der Waals surface area contributed by atoms with E-state index in [0.717, 1.165) is 0 Å². The minimum Gasteiger partial charge on any atom is -0.249 e. The van der Waals surface area contributed by atoms with Crippen LogP contribution in [0.15, 0.2) is 0 Å². The predicted molar refractivity (Wildman–Crippen MR) is 30.6 cm³/mol. The van der Waals surface area contributed by atoms with E-state index in [4.69, 9.17) is 23.6 Å². The quantitative estimate of drug-likeness (QED) is 0.517. The summed E-state index contributed by atoms with van der Waals surface area (Å²) in [4.78, 5) is 13.1. The molecule has 0 aliphatic carbocycles. The molecule has 0 aromatic heterocycles. The molecule has 0 bridgehead atoms. The average molecular weight is 165 g/mol. The highest BCUT2D eigenvalue weighted by atomic mass is 35.5. The maximum Gasteiger partial charge on any atom is 0.343 e. The number of carbonyl (C=O) groups excluding carboxylic acids is 1. The van der Waals surface area contributed by atoms with Crippen LogP contribution in [0.4, 0.5) is 4.79 Å². The topological polar surface area (TPSA) is 41.1 Å². The Morgan fingerprint density at radius 3 is 1.57 bits per heavy atom. The summed E-state index contributed by atoms with van der Waals surface area (Å²) in [5.74, 6) is 0. The van der Waals surface area contributed by atoms with Crippen LogP contribution in [0, 0.1) is 0 Å². The lowest BCUT2D eigenvalue weighted by atomic mass is 11.2. The monoisotopic (exact) mass is 164 g/mol. The van der Waals surface area contributed by atoms with Gasteiger partial charge in [0.25, 0.3) is 0 Å². The van der Waals surface area contributed by atoms with Gasteiger partial charge in [-0.3, -0.25) is 0 Å². The molecule has 0 rings (SSSR count). The van der Waals surface area contributed by atoms with Crippen molar-refractivity contribution in [1.82, 2.24) is 9.67 Å². The number of halogens is 3. The number of nitrogens with one attached hydrogen (secondary N) is 2. The summed E-state index contributed by atoms with van der Waals surface area (Å²) in [6.45, 7) is 0. The minimum absolute atomic E-state index is 0. The number of hydrogen-bond donors (Lipinski definition) is 2. The van der Waals surface area contributed by atoms with E-state index < -0.39 is 6.03 Å². The molecule has 3 nitrogen and oxygen atoms in total. The third-order valence-electron chi connectivity index (χ3n) is 0.172. The molecule has 7 heavy (non-hydrogen) atoms. The SMILES string of the molecule is Cl.O=C(NCl)NCl. The van der Waals surface area contributed by atoms with Gasteiger partial charge in [0, 0.05) is 23.6 Å². The maximum atomic E-state index is 9.69. The molecule has 0 saturated carbocycles. The van der Waals surface area contributed by atoms with Crippen LogP contribution in [0.2, 0.25) is 0 Å². The smallest absolute Gasteiger partial charge is 0.249 e. The molecule has 0 aliphatic rings. The number of carbonyl (C=O) groups is 1. The van der Waals surface area contributed by atoms with Gasteiger partial charge in [-0.2, -0.15) is 0 Å². The second-order valence-electron chi connectivity index (χ2n) is 0.518. The summed E-state index contributed by atoms with van der Waals surface area (Å²) >= 11 is 9.41. The zero-order valence-electron chi connectivity index (χ0n) is 3.07. The van der Waals surface area contributed by atoms with Gasteiger partial charge in [-0.25, -0.2) is 14.5 Å². The molecule has 0 fully saturated rings. The lowest BCUT2D eigenvalue weighted by Gasteiger charge is -1.85. The van der Waals surface area contributed by atoms with Crippen molar-refractivity contribution < 1.29 is 4.79 Å². The third-order valence-corrected chi connectivity index (χ3v) is 0.515. The molecule has 0 heterocycles. The van der Waals surface area contributed by atoms with Gasteiger partial charge in [0.2, 0.25) is 0 Å². The first-order valence-corrected chi connectivity index (χ1v) is 1.84. The predicted octanol–water partition coefficient (Wildman–Crippen LogP) is 1.01. The molecule has 0 unspecified atom stereocenters. The molecule has 0 saturated heterocycles. The highest BCUT2D eigenvalue weighted by Gasteiger charge is 1.86. The first-order valence-electron chi connectivity index (χ1n) is 1.08. The first-order chi connectivity index (χ1) is 2.81. The number of amides is 2. The first kappa shape index (κ1) is 10.2. The minimum atomic E-state index is -0.627. The Balaban J connectivity index is 0. The van der Waals surface area contributed by atoms with Crippen LogP contribution >= 0.6 is 36.0 Å². The van der Waals surface area contributed by atoms with Gasteiger partial charge in [-0.1, -0.05) is 0 Å². The summed E-state index contributed by atoms with van der Waals surface area (Å²) in [6, 6.07) is -0.627.